The molecule has 2 aliphatic heterocycles. The second-order valence-corrected chi connectivity index (χ2v) is 8.93. The zero-order valence-corrected chi connectivity index (χ0v) is 16.4. The van der Waals surface area contributed by atoms with E-state index in [1.807, 2.05) is 6.08 Å². The Morgan fingerprint density at radius 1 is 1.04 bits per heavy atom. The van der Waals surface area contributed by atoms with Crippen LogP contribution in [0.1, 0.15) is 57.8 Å². The molecule has 1 saturated heterocycles. The third-order valence-electron chi connectivity index (χ3n) is 6.72. The van der Waals surface area contributed by atoms with Crippen LogP contribution in [-0.4, -0.2) is 30.0 Å². The third kappa shape index (κ3) is 4.58. The van der Waals surface area contributed by atoms with Crippen LogP contribution >= 0.6 is 9.39 Å². The van der Waals surface area contributed by atoms with Crippen LogP contribution < -0.4 is 0 Å². The Bertz CT molecular complexity index is 466. The van der Waals surface area contributed by atoms with Gasteiger partial charge in [-0.3, -0.25) is 9.66 Å². The van der Waals surface area contributed by atoms with Crippen molar-refractivity contribution in [3.63, 3.8) is 0 Å². The molecule has 0 N–H and O–H groups in total. The van der Waals surface area contributed by atoms with Gasteiger partial charge in [0.05, 0.1) is 0 Å². The van der Waals surface area contributed by atoms with Crippen LogP contribution in [-0.2, 0) is 0 Å². The molecule has 3 aliphatic rings. The minimum absolute atomic E-state index is 0.535. The molecule has 134 valence electrons. The van der Waals surface area contributed by atoms with Crippen LogP contribution in [0.25, 0.3) is 0 Å². The van der Waals surface area contributed by atoms with E-state index in [-0.39, 0.29) is 0 Å². The summed E-state index contributed by atoms with van der Waals surface area (Å²) in [6, 6.07) is 0. The van der Waals surface area contributed by atoms with Crippen molar-refractivity contribution in [3.8, 4) is 0 Å². The molecule has 0 aromatic heterocycles. The first kappa shape index (κ1) is 18.3. The van der Waals surface area contributed by atoms with Gasteiger partial charge >= 0.3 is 0 Å². The van der Waals surface area contributed by atoms with Gasteiger partial charge in [0.1, 0.15) is 0 Å². The predicted octanol–water partition coefficient (Wildman–Crippen LogP) is 5.28. The summed E-state index contributed by atoms with van der Waals surface area (Å²) in [4.78, 5) is 4.90. The maximum Gasteiger partial charge on any atom is 0.0460 e. The fraction of sp³-hybridized carbons (Fsp3) is 0.762. The molecule has 2 fully saturated rings. The van der Waals surface area contributed by atoms with E-state index in [2.05, 4.69) is 27.2 Å². The standard InChI is InChI=1S/C21H35N2P/c1-3-16(2)20-14-21(22-15-20)19-8-4-6-17(7-5-9-19)18-10-12-23(24)13-11-18/h3,17-20H,1-2,4-15,24H2. The highest BCUT2D eigenvalue weighted by Crippen LogP contribution is 2.37. The van der Waals surface area contributed by atoms with E-state index in [1.54, 1.807) is 0 Å². The molecule has 0 radical (unpaired) electrons. The van der Waals surface area contributed by atoms with Gasteiger partial charge in [0.2, 0.25) is 0 Å². The van der Waals surface area contributed by atoms with E-state index >= 15 is 0 Å². The fourth-order valence-electron chi connectivity index (χ4n) is 5.06. The number of allylic oxidation sites excluding steroid dienone is 1. The Morgan fingerprint density at radius 2 is 1.67 bits per heavy atom. The van der Waals surface area contributed by atoms with E-state index in [9.17, 15) is 0 Å². The molecule has 2 atom stereocenters. The monoisotopic (exact) mass is 346 g/mol. The molecule has 3 rings (SSSR count). The van der Waals surface area contributed by atoms with Gasteiger partial charge in [-0.1, -0.05) is 59.9 Å². The summed E-state index contributed by atoms with van der Waals surface area (Å²) in [6.07, 6.45) is 14.3. The van der Waals surface area contributed by atoms with Crippen molar-refractivity contribution in [1.29, 1.82) is 0 Å². The zero-order valence-electron chi connectivity index (χ0n) is 15.3. The SMILES string of the molecule is C=CC(=C)C1CN=C(C2CCCC(C3CCN(P)CC3)CCC2)C1. The Kier molecular flexibility index (Phi) is 6.70. The van der Waals surface area contributed by atoms with Crippen molar-refractivity contribution in [1.82, 2.24) is 4.67 Å². The van der Waals surface area contributed by atoms with Crippen LogP contribution in [0.15, 0.2) is 29.8 Å². The molecule has 0 spiro atoms. The molecule has 3 heteroatoms. The largest absolute Gasteiger partial charge is 0.293 e. The maximum absolute atomic E-state index is 4.90. The van der Waals surface area contributed by atoms with Crippen molar-refractivity contribution < 1.29 is 0 Å². The zero-order chi connectivity index (χ0) is 16.9. The second-order valence-electron chi connectivity index (χ2n) is 8.20. The lowest BCUT2D eigenvalue weighted by Gasteiger charge is -2.36. The van der Waals surface area contributed by atoms with Gasteiger partial charge in [0.15, 0.2) is 0 Å². The highest BCUT2D eigenvalue weighted by Gasteiger charge is 2.30. The molecule has 2 unspecified atom stereocenters. The molecule has 0 aromatic rings. The number of hydrogen-bond acceptors (Lipinski definition) is 2. The summed E-state index contributed by atoms with van der Waals surface area (Å²) in [7, 11) is 2.88. The smallest absolute Gasteiger partial charge is 0.0460 e. The highest BCUT2D eigenvalue weighted by molar-refractivity contribution is 7.13. The summed E-state index contributed by atoms with van der Waals surface area (Å²) in [6.45, 7) is 11.5. The lowest BCUT2D eigenvalue weighted by atomic mass is 9.75. The normalized spacial score (nSPS) is 33.5. The summed E-state index contributed by atoms with van der Waals surface area (Å²) in [5, 5.41) is 0. The lowest BCUT2D eigenvalue weighted by molar-refractivity contribution is 0.182. The van der Waals surface area contributed by atoms with Gasteiger partial charge < -0.3 is 0 Å². The maximum atomic E-state index is 4.90. The summed E-state index contributed by atoms with van der Waals surface area (Å²) < 4.78 is 2.42. The number of piperidine rings is 1. The van der Waals surface area contributed by atoms with Gasteiger partial charge in [-0.2, -0.15) is 0 Å². The molecule has 24 heavy (non-hydrogen) atoms. The molecule has 2 heterocycles. The first-order chi connectivity index (χ1) is 11.7. The Hall–Kier alpha value is -0.460. The molecular formula is C21H35N2P. The first-order valence-corrected chi connectivity index (χ1v) is 10.5. The summed E-state index contributed by atoms with van der Waals surface area (Å²) >= 11 is 0. The molecule has 0 amide bonds. The Labute approximate surface area is 151 Å². The molecular weight excluding hydrogens is 311 g/mol. The van der Waals surface area contributed by atoms with Crippen molar-refractivity contribution in [2.45, 2.75) is 57.8 Å². The lowest BCUT2D eigenvalue weighted by Crippen LogP contribution is -2.31. The van der Waals surface area contributed by atoms with Crippen LogP contribution in [0.5, 0.6) is 0 Å². The number of nitrogens with zero attached hydrogens (tertiary/aromatic N) is 2. The van der Waals surface area contributed by atoms with E-state index in [1.165, 1.54) is 75.7 Å². The van der Waals surface area contributed by atoms with E-state index in [0.29, 0.717) is 5.92 Å². The van der Waals surface area contributed by atoms with Crippen LogP contribution in [0.4, 0.5) is 0 Å². The van der Waals surface area contributed by atoms with E-state index in [0.717, 1.165) is 30.7 Å². The van der Waals surface area contributed by atoms with Crippen LogP contribution in [0, 0.1) is 23.7 Å². The van der Waals surface area contributed by atoms with E-state index in [4.69, 9.17) is 4.99 Å². The van der Waals surface area contributed by atoms with Crippen LogP contribution in [0.2, 0.25) is 0 Å². The minimum atomic E-state index is 0.535. The quantitative estimate of drug-likeness (QED) is 0.499. The van der Waals surface area contributed by atoms with Gasteiger partial charge in [0.25, 0.3) is 0 Å². The molecule has 0 aromatic carbocycles. The molecule has 1 aliphatic carbocycles. The topological polar surface area (TPSA) is 15.6 Å². The fourth-order valence-corrected chi connectivity index (χ4v) is 5.35. The Balaban J connectivity index is 1.47. The Morgan fingerprint density at radius 3 is 2.29 bits per heavy atom. The van der Waals surface area contributed by atoms with Gasteiger partial charge in [-0.25, -0.2) is 0 Å². The van der Waals surface area contributed by atoms with Gasteiger partial charge in [-0.15, -0.1) is 0 Å². The summed E-state index contributed by atoms with van der Waals surface area (Å²) in [5.41, 5.74) is 2.68. The number of hydrogen-bond donors (Lipinski definition) is 0. The minimum Gasteiger partial charge on any atom is -0.293 e. The average molecular weight is 346 g/mol. The first-order valence-electron chi connectivity index (χ1n) is 10.0. The molecule has 0 bridgehead atoms. The van der Waals surface area contributed by atoms with Crippen molar-refractivity contribution >= 4 is 15.1 Å². The van der Waals surface area contributed by atoms with Crippen molar-refractivity contribution in [2.75, 3.05) is 19.6 Å². The van der Waals surface area contributed by atoms with Gasteiger partial charge in [-0.05, 0) is 49.9 Å². The van der Waals surface area contributed by atoms with Crippen LogP contribution in [0.3, 0.4) is 0 Å². The average Bonchev–Trinajstić information content (AvgIpc) is 3.05. The number of aliphatic imine (C=N–C) groups is 1. The third-order valence-corrected chi connectivity index (χ3v) is 7.24. The van der Waals surface area contributed by atoms with Crippen molar-refractivity contribution in [2.24, 2.45) is 28.7 Å². The van der Waals surface area contributed by atoms with Gasteiger partial charge in [0, 0.05) is 31.3 Å². The number of rotatable bonds is 4. The van der Waals surface area contributed by atoms with E-state index < -0.39 is 0 Å². The molecule has 1 saturated carbocycles. The molecule has 2 nitrogen and oxygen atoms in total. The second kappa shape index (κ2) is 8.77. The summed E-state index contributed by atoms with van der Waals surface area (Å²) in [5.74, 6) is 3.26. The highest BCUT2D eigenvalue weighted by atomic mass is 31.0. The van der Waals surface area contributed by atoms with Crippen molar-refractivity contribution in [3.05, 3.63) is 24.8 Å². The predicted molar refractivity (Wildman–Crippen MR) is 108 cm³/mol.